The van der Waals surface area contributed by atoms with Crippen molar-refractivity contribution in [3.63, 3.8) is 0 Å². The normalized spacial score (nSPS) is 10.4. The zero-order chi connectivity index (χ0) is 15.5. The van der Waals surface area contributed by atoms with Gasteiger partial charge < -0.3 is 5.32 Å². The molecule has 0 atom stereocenters. The minimum absolute atomic E-state index is 0.0694. The summed E-state index contributed by atoms with van der Waals surface area (Å²) in [5.41, 5.74) is 1.59. The van der Waals surface area contributed by atoms with E-state index in [2.05, 4.69) is 21.4 Å². The van der Waals surface area contributed by atoms with Gasteiger partial charge in [0, 0.05) is 6.54 Å². The Morgan fingerprint density at radius 3 is 2.73 bits per heavy atom. The molecule has 1 heterocycles. The number of nitrogens with zero attached hydrogens (tertiary/aromatic N) is 3. The highest BCUT2D eigenvalue weighted by Crippen LogP contribution is 2.20. The molecule has 0 unspecified atom stereocenters. The van der Waals surface area contributed by atoms with Crippen LogP contribution >= 0.6 is 11.6 Å². The summed E-state index contributed by atoms with van der Waals surface area (Å²) in [4.78, 5) is 7.39. The van der Waals surface area contributed by atoms with Gasteiger partial charge in [-0.2, -0.15) is 9.65 Å². The van der Waals surface area contributed by atoms with E-state index in [0.717, 1.165) is 16.3 Å². The van der Waals surface area contributed by atoms with Crippen molar-refractivity contribution >= 4 is 28.2 Å². The standard InChI is InChI=1S/C16H10ClFN4/c17-15-14(18)16(22-9-21-15)20-8-11-2-4-12-5-10(7-19)1-3-13(12)6-11/h1-6,9H,8H2,(H,20,21,22). The van der Waals surface area contributed by atoms with E-state index in [1.165, 1.54) is 6.33 Å². The van der Waals surface area contributed by atoms with Crippen LogP contribution in [-0.2, 0) is 6.54 Å². The predicted molar refractivity (Wildman–Crippen MR) is 83.0 cm³/mol. The van der Waals surface area contributed by atoms with E-state index in [1.54, 1.807) is 6.07 Å². The van der Waals surface area contributed by atoms with Crippen LogP contribution in [0, 0.1) is 17.1 Å². The third-order valence-electron chi connectivity index (χ3n) is 3.24. The third kappa shape index (κ3) is 2.83. The molecule has 0 radical (unpaired) electrons. The summed E-state index contributed by atoms with van der Waals surface area (Å²) in [6.45, 7) is 0.403. The van der Waals surface area contributed by atoms with Gasteiger partial charge in [0.15, 0.2) is 11.0 Å². The first-order chi connectivity index (χ1) is 10.7. The van der Waals surface area contributed by atoms with Crippen LogP contribution < -0.4 is 5.32 Å². The van der Waals surface area contributed by atoms with E-state index in [1.807, 2.05) is 30.3 Å². The molecule has 0 fully saturated rings. The van der Waals surface area contributed by atoms with Crippen molar-refractivity contribution in [3.8, 4) is 6.07 Å². The van der Waals surface area contributed by atoms with Gasteiger partial charge in [0.25, 0.3) is 0 Å². The summed E-state index contributed by atoms with van der Waals surface area (Å²) in [5.74, 6) is -0.594. The van der Waals surface area contributed by atoms with Gasteiger partial charge in [-0.15, -0.1) is 0 Å². The number of nitriles is 1. The molecule has 0 bridgehead atoms. The Bertz CT molecular complexity index is 889. The number of aromatic nitrogens is 2. The van der Waals surface area contributed by atoms with Crippen LogP contribution in [0.4, 0.5) is 10.2 Å². The van der Waals surface area contributed by atoms with Gasteiger partial charge in [-0.1, -0.05) is 29.8 Å². The fraction of sp³-hybridized carbons (Fsp3) is 0.0625. The van der Waals surface area contributed by atoms with Gasteiger partial charge >= 0.3 is 0 Å². The zero-order valence-electron chi connectivity index (χ0n) is 11.3. The maximum Gasteiger partial charge on any atom is 0.202 e. The molecule has 4 nitrogen and oxygen atoms in total. The van der Waals surface area contributed by atoms with Crippen molar-refractivity contribution in [3.05, 3.63) is 64.8 Å². The third-order valence-corrected chi connectivity index (χ3v) is 3.50. The number of hydrogen-bond donors (Lipinski definition) is 1. The summed E-state index contributed by atoms with van der Waals surface area (Å²) in [6.07, 6.45) is 1.21. The van der Waals surface area contributed by atoms with Gasteiger partial charge in [0.1, 0.15) is 6.33 Å². The molecule has 0 aliphatic rings. The number of benzene rings is 2. The van der Waals surface area contributed by atoms with E-state index in [4.69, 9.17) is 16.9 Å². The molecule has 3 rings (SSSR count). The van der Waals surface area contributed by atoms with Crippen molar-refractivity contribution in [2.24, 2.45) is 0 Å². The van der Waals surface area contributed by atoms with Crippen LogP contribution in [0.5, 0.6) is 0 Å². The quantitative estimate of drug-likeness (QED) is 0.745. The molecule has 0 amide bonds. The molecular weight excluding hydrogens is 303 g/mol. The molecule has 0 saturated heterocycles. The molecule has 1 N–H and O–H groups in total. The van der Waals surface area contributed by atoms with Crippen LogP contribution in [-0.4, -0.2) is 9.97 Å². The molecule has 0 spiro atoms. The van der Waals surface area contributed by atoms with Crippen LogP contribution in [0.25, 0.3) is 10.8 Å². The highest BCUT2D eigenvalue weighted by Gasteiger charge is 2.08. The number of fused-ring (bicyclic) bond motifs is 1. The van der Waals surface area contributed by atoms with E-state index < -0.39 is 5.82 Å². The predicted octanol–water partition coefficient (Wildman–Crippen LogP) is 3.91. The smallest absolute Gasteiger partial charge is 0.202 e. The highest BCUT2D eigenvalue weighted by molar-refractivity contribution is 6.29. The number of rotatable bonds is 3. The lowest BCUT2D eigenvalue weighted by Gasteiger charge is -2.08. The van der Waals surface area contributed by atoms with Crippen molar-refractivity contribution in [2.45, 2.75) is 6.54 Å². The maximum atomic E-state index is 13.7. The molecule has 0 aliphatic heterocycles. The molecule has 3 aromatic rings. The Morgan fingerprint density at radius 2 is 1.91 bits per heavy atom. The lowest BCUT2D eigenvalue weighted by Crippen LogP contribution is -2.04. The fourth-order valence-electron chi connectivity index (χ4n) is 2.13. The first-order valence-corrected chi connectivity index (χ1v) is 6.88. The second-order valence-electron chi connectivity index (χ2n) is 4.69. The Balaban J connectivity index is 1.82. The van der Waals surface area contributed by atoms with Gasteiger partial charge in [-0.25, -0.2) is 9.97 Å². The Morgan fingerprint density at radius 1 is 1.14 bits per heavy atom. The van der Waals surface area contributed by atoms with Crippen LogP contribution in [0.2, 0.25) is 5.15 Å². The highest BCUT2D eigenvalue weighted by atomic mass is 35.5. The Labute approximate surface area is 131 Å². The summed E-state index contributed by atoms with van der Waals surface area (Å²) in [6, 6.07) is 13.4. The van der Waals surface area contributed by atoms with Crippen molar-refractivity contribution in [2.75, 3.05) is 5.32 Å². The van der Waals surface area contributed by atoms with Crippen molar-refractivity contribution in [1.82, 2.24) is 9.97 Å². The second kappa shape index (κ2) is 5.96. The van der Waals surface area contributed by atoms with Crippen LogP contribution in [0.1, 0.15) is 11.1 Å². The summed E-state index contributed by atoms with van der Waals surface area (Å²) in [7, 11) is 0. The largest absolute Gasteiger partial charge is 0.363 e. The topological polar surface area (TPSA) is 61.6 Å². The first-order valence-electron chi connectivity index (χ1n) is 6.50. The lowest BCUT2D eigenvalue weighted by molar-refractivity contribution is 0.617. The molecule has 22 heavy (non-hydrogen) atoms. The molecular formula is C16H10ClFN4. The SMILES string of the molecule is N#Cc1ccc2cc(CNc3ncnc(Cl)c3F)ccc2c1. The van der Waals surface area contributed by atoms with Gasteiger partial charge in [0.05, 0.1) is 11.6 Å². The second-order valence-corrected chi connectivity index (χ2v) is 5.05. The monoisotopic (exact) mass is 312 g/mol. The minimum atomic E-state index is -0.663. The molecule has 108 valence electrons. The fourth-order valence-corrected chi connectivity index (χ4v) is 2.27. The van der Waals surface area contributed by atoms with Gasteiger partial charge in [-0.05, 0) is 34.5 Å². The lowest BCUT2D eigenvalue weighted by atomic mass is 10.0. The Kier molecular flexibility index (Phi) is 3.86. The number of halogens is 2. The minimum Gasteiger partial charge on any atom is -0.363 e. The summed E-state index contributed by atoms with van der Waals surface area (Å²) >= 11 is 5.61. The summed E-state index contributed by atoms with van der Waals surface area (Å²) < 4.78 is 13.7. The summed E-state index contributed by atoms with van der Waals surface area (Å²) in [5, 5.41) is 13.6. The Hall–Kier alpha value is -2.71. The van der Waals surface area contributed by atoms with Crippen LogP contribution in [0.15, 0.2) is 42.7 Å². The number of nitrogens with one attached hydrogen (secondary N) is 1. The van der Waals surface area contributed by atoms with E-state index in [-0.39, 0.29) is 11.0 Å². The van der Waals surface area contributed by atoms with E-state index >= 15 is 0 Å². The number of anilines is 1. The number of hydrogen-bond acceptors (Lipinski definition) is 4. The van der Waals surface area contributed by atoms with Gasteiger partial charge in [0.2, 0.25) is 5.82 Å². The average Bonchev–Trinajstić information content (AvgIpc) is 2.55. The molecule has 0 saturated carbocycles. The maximum absolute atomic E-state index is 13.7. The van der Waals surface area contributed by atoms with Gasteiger partial charge in [-0.3, -0.25) is 0 Å². The van der Waals surface area contributed by atoms with Crippen LogP contribution in [0.3, 0.4) is 0 Å². The molecule has 1 aromatic heterocycles. The van der Waals surface area contributed by atoms with E-state index in [9.17, 15) is 4.39 Å². The molecule has 0 aliphatic carbocycles. The van der Waals surface area contributed by atoms with Crippen molar-refractivity contribution < 1.29 is 4.39 Å². The van der Waals surface area contributed by atoms with E-state index in [0.29, 0.717) is 12.1 Å². The first kappa shape index (κ1) is 14.2. The average molecular weight is 313 g/mol. The molecule has 6 heteroatoms. The zero-order valence-corrected chi connectivity index (χ0v) is 12.1. The molecule has 2 aromatic carbocycles. The van der Waals surface area contributed by atoms with Crippen molar-refractivity contribution in [1.29, 1.82) is 5.26 Å².